The molecular weight excluding hydrogens is 202 g/mol. The molecule has 1 fully saturated rings. The summed E-state index contributed by atoms with van der Waals surface area (Å²) in [5.41, 5.74) is 5.81. The molecule has 92 valence electrons. The van der Waals surface area contributed by atoms with E-state index in [0.29, 0.717) is 13.1 Å². The van der Waals surface area contributed by atoms with Gasteiger partial charge in [0.2, 0.25) is 5.91 Å². The van der Waals surface area contributed by atoms with Crippen molar-refractivity contribution >= 4 is 5.91 Å². The van der Waals surface area contributed by atoms with Gasteiger partial charge in [0.05, 0.1) is 0 Å². The zero-order valence-corrected chi connectivity index (χ0v) is 10.6. The number of likely N-dealkylation sites (N-methyl/N-ethyl adjacent to an activating group) is 1. The number of carbonyl (C=O) groups is 1. The lowest BCUT2D eigenvalue weighted by Crippen LogP contribution is -2.49. The van der Waals surface area contributed by atoms with Crippen LogP contribution in [0.5, 0.6) is 0 Å². The molecule has 0 radical (unpaired) electrons. The first-order chi connectivity index (χ1) is 7.41. The van der Waals surface area contributed by atoms with E-state index in [4.69, 9.17) is 5.73 Å². The maximum absolute atomic E-state index is 12.1. The number of amides is 1. The topological polar surface area (TPSA) is 49.6 Å². The van der Waals surface area contributed by atoms with Crippen LogP contribution in [0.15, 0.2) is 12.7 Å². The first-order valence-corrected chi connectivity index (χ1v) is 5.71. The van der Waals surface area contributed by atoms with Gasteiger partial charge in [-0.1, -0.05) is 19.9 Å². The Morgan fingerprint density at radius 1 is 1.56 bits per heavy atom. The van der Waals surface area contributed by atoms with Gasteiger partial charge in [-0.05, 0) is 5.41 Å². The lowest BCUT2D eigenvalue weighted by Gasteiger charge is -2.31. The van der Waals surface area contributed by atoms with Gasteiger partial charge in [-0.3, -0.25) is 9.69 Å². The van der Waals surface area contributed by atoms with E-state index in [2.05, 4.69) is 25.3 Å². The molecule has 0 spiro atoms. The fourth-order valence-electron chi connectivity index (χ4n) is 2.45. The van der Waals surface area contributed by atoms with Gasteiger partial charge in [0.1, 0.15) is 6.04 Å². The second-order valence-electron chi connectivity index (χ2n) is 5.33. The molecule has 4 heteroatoms. The van der Waals surface area contributed by atoms with Gasteiger partial charge in [-0.15, -0.1) is 6.58 Å². The summed E-state index contributed by atoms with van der Waals surface area (Å²) in [5.74, 6) is 0.120. The Bertz CT molecular complexity index is 275. The van der Waals surface area contributed by atoms with Gasteiger partial charge in [0, 0.05) is 33.2 Å². The zero-order chi connectivity index (χ0) is 12.3. The first kappa shape index (κ1) is 13.2. The van der Waals surface area contributed by atoms with Gasteiger partial charge in [-0.25, -0.2) is 0 Å². The van der Waals surface area contributed by atoms with Crippen molar-refractivity contribution in [2.24, 2.45) is 11.1 Å². The molecule has 0 aromatic rings. The second-order valence-corrected chi connectivity index (χ2v) is 5.33. The Morgan fingerprint density at radius 3 is 2.69 bits per heavy atom. The van der Waals surface area contributed by atoms with E-state index in [1.54, 1.807) is 4.90 Å². The third kappa shape index (κ3) is 2.83. The number of nitrogens with two attached hydrogens (primary N) is 1. The molecule has 1 saturated heterocycles. The summed E-state index contributed by atoms with van der Waals surface area (Å²) < 4.78 is 0. The van der Waals surface area contributed by atoms with Crippen molar-refractivity contribution < 1.29 is 4.79 Å². The summed E-state index contributed by atoms with van der Waals surface area (Å²) in [4.78, 5) is 16.0. The van der Waals surface area contributed by atoms with E-state index in [1.165, 1.54) is 0 Å². The highest BCUT2D eigenvalue weighted by atomic mass is 16.2. The van der Waals surface area contributed by atoms with Crippen molar-refractivity contribution in [1.82, 2.24) is 9.80 Å². The van der Waals surface area contributed by atoms with E-state index in [1.807, 2.05) is 13.1 Å². The van der Waals surface area contributed by atoms with Crippen LogP contribution in [0.4, 0.5) is 0 Å². The third-order valence-electron chi connectivity index (χ3n) is 2.99. The molecule has 1 aliphatic rings. The van der Waals surface area contributed by atoms with Crippen molar-refractivity contribution in [3.63, 3.8) is 0 Å². The minimum atomic E-state index is -0.204. The normalized spacial score (nSPS) is 26.6. The van der Waals surface area contributed by atoms with E-state index in [-0.39, 0.29) is 17.4 Å². The summed E-state index contributed by atoms with van der Waals surface area (Å²) in [6.45, 7) is 10.8. The van der Waals surface area contributed by atoms with Crippen LogP contribution in [0.1, 0.15) is 13.8 Å². The third-order valence-corrected chi connectivity index (χ3v) is 2.99. The Morgan fingerprint density at radius 2 is 2.19 bits per heavy atom. The number of carbonyl (C=O) groups excluding carboxylic acids is 1. The predicted molar refractivity (Wildman–Crippen MR) is 66.0 cm³/mol. The summed E-state index contributed by atoms with van der Waals surface area (Å²) in [6.07, 6.45) is 1.83. The lowest BCUT2D eigenvalue weighted by atomic mass is 9.92. The molecule has 0 saturated carbocycles. The Balaban J connectivity index is 2.95. The Labute approximate surface area is 98.1 Å². The minimum Gasteiger partial charge on any atom is -0.344 e. The SMILES string of the molecule is C=CCN1CC(C)(C)CN(C)C(=O)C1CN. The molecule has 0 bridgehead atoms. The van der Waals surface area contributed by atoms with Crippen molar-refractivity contribution in [2.45, 2.75) is 19.9 Å². The molecule has 16 heavy (non-hydrogen) atoms. The molecule has 1 amide bonds. The summed E-state index contributed by atoms with van der Waals surface area (Å²) in [5, 5.41) is 0. The van der Waals surface area contributed by atoms with Gasteiger partial charge in [-0.2, -0.15) is 0 Å². The van der Waals surface area contributed by atoms with Crippen LogP contribution in [-0.4, -0.2) is 55.0 Å². The van der Waals surface area contributed by atoms with Gasteiger partial charge in [0.15, 0.2) is 0 Å². The van der Waals surface area contributed by atoms with Crippen LogP contribution in [0.25, 0.3) is 0 Å². The minimum absolute atomic E-state index is 0.0946. The number of hydrogen-bond donors (Lipinski definition) is 1. The predicted octanol–water partition coefficient (Wildman–Crippen LogP) is 0.300. The molecule has 1 atom stereocenters. The average Bonchev–Trinajstić information content (AvgIpc) is 2.23. The monoisotopic (exact) mass is 225 g/mol. The average molecular weight is 225 g/mol. The fourth-order valence-corrected chi connectivity index (χ4v) is 2.45. The number of rotatable bonds is 3. The molecule has 1 unspecified atom stereocenters. The summed E-state index contributed by atoms with van der Waals surface area (Å²) >= 11 is 0. The van der Waals surface area contributed by atoms with E-state index >= 15 is 0 Å². The highest BCUT2D eigenvalue weighted by Crippen LogP contribution is 2.24. The van der Waals surface area contributed by atoms with Crippen LogP contribution in [0.3, 0.4) is 0 Å². The van der Waals surface area contributed by atoms with Crippen LogP contribution >= 0.6 is 0 Å². The molecule has 1 aliphatic heterocycles. The Kier molecular flexibility index (Phi) is 4.10. The first-order valence-electron chi connectivity index (χ1n) is 5.71. The molecule has 1 heterocycles. The van der Waals surface area contributed by atoms with Crippen molar-refractivity contribution in [3.8, 4) is 0 Å². The van der Waals surface area contributed by atoms with E-state index in [9.17, 15) is 4.79 Å². The Hall–Kier alpha value is -0.870. The number of nitrogens with zero attached hydrogens (tertiary/aromatic N) is 2. The number of hydrogen-bond acceptors (Lipinski definition) is 3. The highest BCUT2D eigenvalue weighted by Gasteiger charge is 2.36. The molecule has 2 N–H and O–H groups in total. The lowest BCUT2D eigenvalue weighted by molar-refractivity contribution is -0.133. The largest absolute Gasteiger partial charge is 0.344 e. The van der Waals surface area contributed by atoms with Gasteiger partial charge >= 0.3 is 0 Å². The molecule has 0 aromatic heterocycles. The van der Waals surface area contributed by atoms with Gasteiger partial charge < -0.3 is 10.6 Å². The van der Waals surface area contributed by atoms with Crippen molar-refractivity contribution in [2.75, 3.05) is 33.2 Å². The maximum Gasteiger partial charge on any atom is 0.241 e. The fraction of sp³-hybridized carbons (Fsp3) is 0.750. The van der Waals surface area contributed by atoms with Gasteiger partial charge in [0.25, 0.3) is 0 Å². The second kappa shape index (κ2) is 4.97. The smallest absolute Gasteiger partial charge is 0.241 e. The van der Waals surface area contributed by atoms with Crippen LogP contribution in [-0.2, 0) is 4.79 Å². The molecule has 4 nitrogen and oxygen atoms in total. The standard InChI is InChI=1S/C12H23N3O/c1-5-6-15-9-12(2,3)8-14(4)11(16)10(15)7-13/h5,10H,1,6-9,13H2,2-4H3. The van der Waals surface area contributed by atoms with Crippen LogP contribution < -0.4 is 5.73 Å². The van der Waals surface area contributed by atoms with E-state index in [0.717, 1.165) is 13.1 Å². The summed E-state index contributed by atoms with van der Waals surface area (Å²) in [6, 6.07) is -0.204. The zero-order valence-electron chi connectivity index (χ0n) is 10.6. The highest BCUT2D eigenvalue weighted by molar-refractivity contribution is 5.82. The molecule has 0 aliphatic carbocycles. The van der Waals surface area contributed by atoms with Crippen LogP contribution in [0, 0.1) is 5.41 Å². The maximum atomic E-state index is 12.1. The van der Waals surface area contributed by atoms with E-state index < -0.39 is 0 Å². The molecule has 0 aromatic carbocycles. The molecule has 1 rings (SSSR count). The molecular formula is C12H23N3O. The summed E-state index contributed by atoms with van der Waals surface area (Å²) in [7, 11) is 1.85. The van der Waals surface area contributed by atoms with Crippen molar-refractivity contribution in [1.29, 1.82) is 0 Å². The van der Waals surface area contributed by atoms with Crippen molar-refractivity contribution in [3.05, 3.63) is 12.7 Å². The quantitative estimate of drug-likeness (QED) is 0.703. The van der Waals surface area contributed by atoms with Crippen LogP contribution in [0.2, 0.25) is 0 Å².